The highest BCUT2D eigenvalue weighted by Gasteiger charge is 2.17. The number of aromatic nitrogens is 3. The van der Waals surface area contributed by atoms with Crippen LogP contribution in [0.5, 0.6) is 11.5 Å². The summed E-state index contributed by atoms with van der Waals surface area (Å²) >= 11 is 0. The lowest BCUT2D eigenvalue weighted by molar-refractivity contribution is 0.301. The van der Waals surface area contributed by atoms with Crippen LogP contribution in [-0.4, -0.2) is 35.8 Å². The first-order valence-electron chi connectivity index (χ1n) is 11.0. The number of benzene rings is 2. The van der Waals surface area contributed by atoms with Gasteiger partial charge in [-0.2, -0.15) is 5.26 Å². The number of fused-ring (bicyclic) bond motifs is 1. The SMILES string of the molecule is C#Cc1cc2c(ccn2-c2ccc(OCc3ccnc(NS(C)(=O)=O)n3)cc2)c(C#N)c1OCCC. The van der Waals surface area contributed by atoms with E-state index in [0.717, 1.165) is 29.3 Å². The molecule has 0 saturated heterocycles. The summed E-state index contributed by atoms with van der Waals surface area (Å²) in [4.78, 5) is 8.03. The molecule has 2 aromatic heterocycles. The Bertz CT molecular complexity index is 1600. The lowest BCUT2D eigenvalue weighted by Gasteiger charge is -2.13. The van der Waals surface area contributed by atoms with Crippen molar-refractivity contribution in [3.8, 4) is 35.6 Å². The molecule has 0 radical (unpaired) electrons. The van der Waals surface area contributed by atoms with Crippen LogP contribution in [0.2, 0.25) is 0 Å². The molecule has 9 nitrogen and oxygen atoms in total. The molecule has 4 rings (SSSR count). The van der Waals surface area contributed by atoms with E-state index >= 15 is 0 Å². The van der Waals surface area contributed by atoms with Crippen molar-refractivity contribution >= 4 is 26.9 Å². The largest absolute Gasteiger partial charge is 0.491 e. The Labute approximate surface area is 209 Å². The third-order valence-corrected chi connectivity index (χ3v) is 5.71. The molecule has 1 N–H and O–H groups in total. The topological polar surface area (TPSA) is 119 Å². The van der Waals surface area contributed by atoms with Crippen LogP contribution in [0.3, 0.4) is 0 Å². The van der Waals surface area contributed by atoms with Crippen molar-refractivity contribution in [3.05, 3.63) is 71.7 Å². The average Bonchev–Trinajstić information content (AvgIpc) is 3.28. The number of hydrogen-bond acceptors (Lipinski definition) is 7. The Morgan fingerprint density at radius 3 is 2.61 bits per heavy atom. The average molecular weight is 502 g/mol. The molecule has 0 unspecified atom stereocenters. The van der Waals surface area contributed by atoms with Gasteiger partial charge in [0.05, 0.1) is 29.6 Å². The Kier molecular flexibility index (Phi) is 7.09. The number of nitrogens with zero attached hydrogens (tertiary/aromatic N) is 4. The molecule has 0 spiro atoms. The van der Waals surface area contributed by atoms with E-state index < -0.39 is 10.0 Å². The van der Waals surface area contributed by atoms with Gasteiger partial charge in [-0.05, 0) is 48.9 Å². The number of sulfonamides is 1. The summed E-state index contributed by atoms with van der Waals surface area (Å²) in [7, 11) is -3.47. The number of nitriles is 1. The van der Waals surface area contributed by atoms with Crippen molar-refractivity contribution in [1.82, 2.24) is 14.5 Å². The molecule has 36 heavy (non-hydrogen) atoms. The summed E-state index contributed by atoms with van der Waals surface area (Å²) in [5.41, 5.74) is 3.12. The van der Waals surface area contributed by atoms with Crippen molar-refractivity contribution in [2.75, 3.05) is 17.6 Å². The van der Waals surface area contributed by atoms with Gasteiger partial charge in [0.15, 0.2) is 5.75 Å². The molecule has 2 heterocycles. The molecule has 4 aromatic rings. The first kappa shape index (κ1) is 24.6. The quantitative estimate of drug-likeness (QED) is 0.344. The van der Waals surface area contributed by atoms with Crippen LogP contribution in [0.25, 0.3) is 16.6 Å². The molecule has 182 valence electrons. The zero-order valence-corrected chi connectivity index (χ0v) is 20.5. The van der Waals surface area contributed by atoms with Crippen molar-refractivity contribution in [1.29, 1.82) is 5.26 Å². The fourth-order valence-corrected chi connectivity index (χ4v) is 4.04. The van der Waals surface area contributed by atoms with E-state index in [9.17, 15) is 13.7 Å². The number of anilines is 1. The summed E-state index contributed by atoms with van der Waals surface area (Å²) in [6, 6.07) is 15.0. The van der Waals surface area contributed by atoms with Gasteiger partial charge in [0.1, 0.15) is 24.0 Å². The van der Waals surface area contributed by atoms with Crippen LogP contribution in [-0.2, 0) is 16.6 Å². The molecule has 0 saturated carbocycles. The molecular weight excluding hydrogens is 478 g/mol. The van der Waals surface area contributed by atoms with Gasteiger partial charge in [0, 0.05) is 23.5 Å². The van der Waals surface area contributed by atoms with Crippen LogP contribution < -0.4 is 14.2 Å². The predicted molar refractivity (Wildman–Crippen MR) is 137 cm³/mol. The number of nitrogens with one attached hydrogen (secondary N) is 1. The highest BCUT2D eigenvalue weighted by Crippen LogP contribution is 2.34. The van der Waals surface area contributed by atoms with Gasteiger partial charge in [0.25, 0.3) is 0 Å². The smallest absolute Gasteiger partial charge is 0.236 e. The van der Waals surface area contributed by atoms with Crippen LogP contribution in [0.4, 0.5) is 5.95 Å². The zero-order chi connectivity index (χ0) is 25.7. The van der Waals surface area contributed by atoms with Gasteiger partial charge in [0.2, 0.25) is 16.0 Å². The minimum absolute atomic E-state index is 0.0141. The third-order valence-electron chi connectivity index (χ3n) is 5.16. The molecule has 2 aromatic carbocycles. The first-order valence-corrected chi connectivity index (χ1v) is 12.9. The summed E-state index contributed by atoms with van der Waals surface area (Å²) < 4.78 is 38.5. The summed E-state index contributed by atoms with van der Waals surface area (Å²) in [5, 5.41) is 10.6. The first-order chi connectivity index (χ1) is 17.3. The normalized spacial score (nSPS) is 11.0. The summed E-state index contributed by atoms with van der Waals surface area (Å²) in [6.45, 7) is 2.59. The van der Waals surface area contributed by atoms with E-state index in [0.29, 0.717) is 34.9 Å². The molecule has 0 bridgehead atoms. The van der Waals surface area contributed by atoms with Gasteiger partial charge in [-0.1, -0.05) is 12.8 Å². The Hall–Kier alpha value is -4.54. The fourth-order valence-electron chi connectivity index (χ4n) is 3.61. The predicted octanol–water partition coefficient (Wildman–Crippen LogP) is 4.01. The van der Waals surface area contributed by atoms with E-state index in [-0.39, 0.29) is 12.6 Å². The van der Waals surface area contributed by atoms with Crippen LogP contribution in [0.1, 0.15) is 30.2 Å². The maximum atomic E-state index is 11.4. The molecule has 0 amide bonds. The summed E-state index contributed by atoms with van der Waals surface area (Å²) in [5.74, 6) is 3.67. The summed E-state index contributed by atoms with van der Waals surface area (Å²) in [6.07, 6.45) is 10.9. The van der Waals surface area contributed by atoms with Gasteiger partial charge < -0.3 is 14.0 Å². The molecule has 0 aliphatic carbocycles. The van der Waals surface area contributed by atoms with Gasteiger partial charge >= 0.3 is 0 Å². The van der Waals surface area contributed by atoms with Crippen LogP contribution in [0, 0.1) is 23.7 Å². The molecular formula is C26H23N5O4S. The lowest BCUT2D eigenvalue weighted by Crippen LogP contribution is -2.13. The third kappa shape index (κ3) is 5.40. The van der Waals surface area contributed by atoms with Crippen molar-refractivity contribution in [2.45, 2.75) is 20.0 Å². The number of terminal acetylenes is 1. The zero-order valence-electron chi connectivity index (χ0n) is 19.7. The standard InChI is InChI=1S/C26H23N5O4S/c1-4-14-34-25-18(5-2)15-24-22(23(25)16-27)11-13-31(24)20-6-8-21(9-7-20)35-17-19-10-12-28-26(29-19)30-36(3,32)33/h2,6-13,15H,4,14,17H2,1,3H3,(H,28,29,30). The van der Waals surface area contributed by atoms with E-state index in [1.165, 1.54) is 6.20 Å². The van der Waals surface area contributed by atoms with E-state index in [2.05, 4.69) is 26.7 Å². The van der Waals surface area contributed by atoms with Crippen LogP contribution >= 0.6 is 0 Å². The second kappa shape index (κ2) is 10.4. The maximum absolute atomic E-state index is 11.4. The van der Waals surface area contributed by atoms with E-state index in [4.69, 9.17) is 15.9 Å². The maximum Gasteiger partial charge on any atom is 0.236 e. The number of ether oxygens (including phenoxy) is 2. The molecule has 0 aliphatic heterocycles. The van der Waals surface area contributed by atoms with Gasteiger partial charge in [-0.3, -0.25) is 4.72 Å². The Balaban J connectivity index is 1.56. The van der Waals surface area contributed by atoms with Crippen molar-refractivity contribution in [2.24, 2.45) is 0 Å². The molecule has 10 heteroatoms. The second-order valence-corrected chi connectivity index (χ2v) is 9.63. The van der Waals surface area contributed by atoms with Crippen molar-refractivity contribution in [3.63, 3.8) is 0 Å². The highest BCUT2D eigenvalue weighted by atomic mass is 32.2. The Morgan fingerprint density at radius 1 is 1.17 bits per heavy atom. The van der Waals surface area contributed by atoms with E-state index in [1.54, 1.807) is 6.07 Å². The molecule has 0 atom stereocenters. The lowest BCUT2D eigenvalue weighted by atomic mass is 10.0. The van der Waals surface area contributed by atoms with Crippen molar-refractivity contribution < 1.29 is 17.9 Å². The number of rotatable bonds is 9. The molecule has 0 fully saturated rings. The Morgan fingerprint density at radius 2 is 1.94 bits per heavy atom. The second-order valence-electron chi connectivity index (χ2n) is 7.88. The fraction of sp³-hybridized carbons (Fsp3) is 0.192. The minimum atomic E-state index is -3.47. The van der Waals surface area contributed by atoms with E-state index in [1.807, 2.05) is 54.1 Å². The van der Waals surface area contributed by atoms with Crippen LogP contribution in [0.15, 0.2) is 54.9 Å². The minimum Gasteiger partial charge on any atom is -0.491 e. The highest BCUT2D eigenvalue weighted by molar-refractivity contribution is 7.91. The van der Waals surface area contributed by atoms with Gasteiger partial charge in [-0.15, -0.1) is 6.42 Å². The monoisotopic (exact) mass is 501 g/mol. The molecule has 0 aliphatic rings. The number of hydrogen-bond donors (Lipinski definition) is 1. The van der Waals surface area contributed by atoms with Gasteiger partial charge in [-0.25, -0.2) is 18.4 Å².